The lowest BCUT2D eigenvalue weighted by Gasteiger charge is -2.44. The number of piperidine rings is 1. The Bertz CT molecular complexity index is 418. The highest BCUT2D eigenvalue weighted by molar-refractivity contribution is 5.43. The molecule has 1 aromatic heterocycles. The summed E-state index contributed by atoms with van der Waals surface area (Å²) >= 11 is 0. The van der Waals surface area contributed by atoms with Gasteiger partial charge in [-0.2, -0.15) is 0 Å². The molecule has 5 nitrogen and oxygen atoms in total. The Morgan fingerprint density at radius 1 is 1.05 bits per heavy atom. The normalized spacial score (nSPS) is 22.5. The molecule has 3 N–H and O–H groups in total. The average molecular weight is 261 g/mol. The van der Waals surface area contributed by atoms with Crippen molar-refractivity contribution in [1.29, 1.82) is 0 Å². The third-order valence-corrected chi connectivity index (χ3v) is 4.83. The van der Waals surface area contributed by atoms with Gasteiger partial charge in [-0.1, -0.05) is 19.3 Å². The number of hydrogen-bond donors (Lipinski definition) is 2. The molecule has 1 aromatic rings. The first-order valence-corrected chi connectivity index (χ1v) is 7.35. The van der Waals surface area contributed by atoms with Crippen LogP contribution >= 0.6 is 0 Å². The summed E-state index contributed by atoms with van der Waals surface area (Å²) in [7, 11) is 0. The van der Waals surface area contributed by atoms with Gasteiger partial charge in [-0.25, -0.2) is 10.8 Å². The molecule has 2 heterocycles. The van der Waals surface area contributed by atoms with Crippen molar-refractivity contribution in [2.75, 3.05) is 23.4 Å². The predicted molar refractivity (Wildman–Crippen MR) is 76.8 cm³/mol. The van der Waals surface area contributed by atoms with Crippen LogP contribution in [0.25, 0.3) is 0 Å². The molecule has 0 radical (unpaired) electrons. The van der Waals surface area contributed by atoms with Crippen molar-refractivity contribution >= 4 is 11.6 Å². The van der Waals surface area contributed by atoms with Gasteiger partial charge in [-0.05, 0) is 31.1 Å². The second-order valence-corrected chi connectivity index (χ2v) is 5.95. The Hall–Kier alpha value is -1.36. The summed E-state index contributed by atoms with van der Waals surface area (Å²) in [6.45, 7) is 2.20. The monoisotopic (exact) mass is 261 g/mol. The molecule has 5 heteroatoms. The molecule has 1 aliphatic carbocycles. The van der Waals surface area contributed by atoms with E-state index in [-0.39, 0.29) is 0 Å². The minimum absolute atomic E-state index is 0.631. The van der Waals surface area contributed by atoms with Crippen molar-refractivity contribution in [2.45, 2.75) is 44.9 Å². The third kappa shape index (κ3) is 2.66. The zero-order valence-corrected chi connectivity index (χ0v) is 11.4. The molecule has 0 atom stereocenters. The van der Waals surface area contributed by atoms with Crippen LogP contribution in [0.4, 0.5) is 11.6 Å². The summed E-state index contributed by atoms with van der Waals surface area (Å²) in [5, 5.41) is 0. The maximum Gasteiger partial charge on any atom is 0.160 e. The van der Waals surface area contributed by atoms with Crippen molar-refractivity contribution in [2.24, 2.45) is 11.3 Å². The smallest absolute Gasteiger partial charge is 0.160 e. The van der Waals surface area contributed by atoms with Crippen molar-refractivity contribution in [3.63, 3.8) is 0 Å². The van der Waals surface area contributed by atoms with E-state index < -0.39 is 0 Å². The van der Waals surface area contributed by atoms with E-state index in [0.717, 1.165) is 18.9 Å². The second kappa shape index (κ2) is 5.33. The quantitative estimate of drug-likeness (QED) is 0.631. The van der Waals surface area contributed by atoms with E-state index in [4.69, 9.17) is 5.84 Å². The lowest BCUT2D eigenvalue weighted by atomic mass is 9.68. The van der Waals surface area contributed by atoms with Gasteiger partial charge in [0.25, 0.3) is 0 Å². The second-order valence-electron chi connectivity index (χ2n) is 5.95. The average Bonchev–Trinajstić information content (AvgIpc) is 2.49. The SMILES string of the molecule is NNc1cncc(N2CCC3(CCCCC3)CC2)n1. The minimum Gasteiger partial charge on any atom is -0.355 e. The lowest BCUT2D eigenvalue weighted by molar-refractivity contribution is 0.144. The maximum atomic E-state index is 5.39. The molecule has 19 heavy (non-hydrogen) atoms. The van der Waals surface area contributed by atoms with E-state index in [1.54, 1.807) is 6.20 Å². The van der Waals surface area contributed by atoms with E-state index in [0.29, 0.717) is 11.2 Å². The molecule has 104 valence electrons. The highest BCUT2D eigenvalue weighted by atomic mass is 15.3. The summed E-state index contributed by atoms with van der Waals surface area (Å²) in [6.07, 6.45) is 13.2. The van der Waals surface area contributed by atoms with Gasteiger partial charge in [-0.15, -0.1) is 0 Å². The molecule has 1 spiro atoms. The summed E-state index contributed by atoms with van der Waals surface area (Å²) in [4.78, 5) is 11.0. The summed E-state index contributed by atoms with van der Waals surface area (Å²) in [5.41, 5.74) is 3.19. The molecule has 2 fully saturated rings. The Balaban J connectivity index is 1.65. The van der Waals surface area contributed by atoms with E-state index in [9.17, 15) is 0 Å². The molecule has 1 saturated heterocycles. The highest BCUT2D eigenvalue weighted by Gasteiger charge is 2.35. The zero-order valence-electron chi connectivity index (χ0n) is 11.4. The fourth-order valence-electron chi connectivity index (χ4n) is 3.59. The van der Waals surface area contributed by atoms with Gasteiger partial charge in [0.15, 0.2) is 5.82 Å². The Morgan fingerprint density at radius 2 is 1.79 bits per heavy atom. The van der Waals surface area contributed by atoms with Gasteiger partial charge >= 0.3 is 0 Å². The fraction of sp³-hybridized carbons (Fsp3) is 0.714. The fourth-order valence-corrected chi connectivity index (χ4v) is 3.59. The zero-order chi connectivity index (χ0) is 13.1. The summed E-state index contributed by atoms with van der Waals surface area (Å²) < 4.78 is 0. The standard InChI is InChI=1S/C14H23N5/c15-18-12-10-16-11-13(17-12)19-8-6-14(7-9-19)4-2-1-3-5-14/h10-11H,1-9,15H2,(H,17,18). The molecular weight excluding hydrogens is 238 g/mol. The van der Waals surface area contributed by atoms with Crippen molar-refractivity contribution in [3.8, 4) is 0 Å². The van der Waals surface area contributed by atoms with Crippen molar-refractivity contribution < 1.29 is 0 Å². The van der Waals surface area contributed by atoms with Crippen LogP contribution in [0, 0.1) is 5.41 Å². The number of nitrogens with zero attached hydrogens (tertiary/aromatic N) is 3. The Kier molecular flexibility index (Phi) is 3.55. The number of nitrogen functional groups attached to an aromatic ring is 1. The maximum absolute atomic E-state index is 5.39. The van der Waals surface area contributed by atoms with Gasteiger partial charge < -0.3 is 10.3 Å². The van der Waals surface area contributed by atoms with Gasteiger partial charge in [0.05, 0.1) is 12.4 Å². The number of aromatic nitrogens is 2. The van der Waals surface area contributed by atoms with Gasteiger partial charge in [0.1, 0.15) is 5.82 Å². The van der Waals surface area contributed by atoms with E-state index in [2.05, 4.69) is 20.3 Å². The number of hydrogen-bond acceptors (Lipinski definition) is 5. The van der Waals surface area contributed by atoms with Crippen LogP contribution in [0.1, 0.15) is 44.9 Å². The third-order valence-electron chi connectivity index (χ3n) is 4.83. The first-order chi connectivity index (χ1) is 9.31. The van der Waals surface area contributed by atoms with E-state index >= 15 is 0 Å². The highest BCUT2D eigenvalue weighted by Crippen LogP contribution is 2.44. The molecule has 1 saturated carbocycles. The molecule has 0 aromatic carbocycles. The number of anilines is 2. The lowest BCUT2D eigenvalue weighted by Crippen LogP contribution is -2.41. The molecule has 0 bridgehead atoms. The van der Waals surface area contributed by atoms with Gasteiger partial charge in [0.2, 0.25) is 0 Å². The topological polar surface area (TPSA) is 67.1 Å². The molecule has 0 amide bonds. The van der Waals surface area contributed by atoms with E-state index in [1.165, 1.54) is 44.9 Å². The van der Waals surface area contributed by atoms with Crippen LogP contribution in [-0.2, 0) is 0 Å². The van der Waals surface area contributed by atoms with Crippen LogP contribution in [0.15, 0.2) is 12.4 Å². The number of nitrogens with two attached hydrogens (primary N) is 1. The van der Waals surface area contributed by atoms with Crippen molar-refractivity contribution in [3.05, 3.63) is 12.4 Å². The number of rotatable bonds is 2. The molecule has 3 rings (SSSR count). The van der Waals surface area contributed by atoms with Gasteiger partial charge in [-0.3, -0.25) is 4.98 Å². The van der Waals surface area contributed by atoms with Crippen molar-refractivity contribution in [1.82, 2.24) is 9.97 Å². The van der Waals surface area contributed by atoms with Crippen LogP contribution < -0.4 is 16.2 Å². The summed E-state index contributed by atoms with van der Waals surface area (Å²) in [6, 6.07) is 0. The van der Waals surface area contributed by atoms with Crippen LogP contribution in [0.5, 0.6) is 0 Å². The number of hydrazine groups is 1. The predicted octanol–water partition coefficient (Wildman–Crippen LogP) is 2.31. The summed E-state index contributed by atoms with van der Waals surface area (Å²) in [5.74, 6) is 6.97. The van der Waals surface area contributed by atoms with Gasteiger partial charge in [0, 0.05) is 13.1 Å². The molecule has 0 unspecified atom stereocenters. The minimum atomic E-state index is 0.631. The number of nitrogens with one attached hydrogen (secondary N) is 1. The largest absolute Gasteiger partial charge is 0.355 e. The van der Waals surface area contributed by atoms with Crippen LogP contribution in [0.2, 0.25) is 0 Å². The first-order valence-electron chi connectivity index (χ1n) is 7.35. The van der Waals surface area contributed by atoms with Crippen LogP contribution in [0.3, 0.4) is 0 Å². The Morgan fingerprint density at radius 3 is 2.47 bits per heavy atom. The molecule has 1 aliphatic heterocycles. The molecular formula is C14H23N5. The first kappa shape index (κ1) is 12.7. The van der Waals surface area contributed by atoms with E-state index in [1.807, 2.05) is 6.20 Å². The Labute approximate surface area is 114 Å². The van der Waals surface area contributed by atoms with Crippen LogP contribution in [-0.4, -0.2) is 23.1 Å². The molecule has 2 aliphatic rings.